The van der Waals surface area contributed by atoms with E-state index < -0.39 is 26.6 Å². The van der Waals surface area contributed by atoms with Crippen LogP contribution in [0.2, 0.25) is 0 Å². The molecule has 1 amide bonds. The van der Waals surface area contributed by atoms with Gasteiger partial charge in [0.2, 0.25) is 5.91 Å². The number of nitrogens with one attached hydrogen (secondary N) is 1. The highest BCUT2D eigenvalue weighted by Crippen LogP contribution is 2.38. The largest absolute Gasteiger partial charge is 0.756 e. The number of allylic oxidation sites excluding steroid dienone is 17. The SMILES string of the molecule is CC/C=C\C/C=C\C/C=C\C/C=C\C/C=C\C/C=C\CCCCCCCCC(=O)NC(COP(=O)([O-])OCC[N+](C)(C)C)C(O)/C=C/CC/C=C/CC/C=C/CCCCCC. The van der Waals surface area contributed by atoms with Crippen molar-refractivity contribution >= 4 is 13.7 Å². The monoisotopic (exact) mass is 869 g/mol. The molecule has 0 aromatic carbocycles. The van der Waals surface area contributed by atoms with Crippen molar-refractivity contribution in [3.8, 4) is 0 Å². The van der Waals surface area contributed by atoms with Crippen LogP contribution in [0, 0.1) is 0 Å². The van der Waals surface area contributed by atoms with Crippen molar-refractivity contribution in [1.29, 1.82) is 0 Å². The number of rotatable bonds is 41. The van der Waals surface area contributed by atoms with Crippen LogP contribution in [0.4, 0.5) is 0 Å². The zero-order chi connectivity index (χ0) is 45.0. The number of quaternary nitrogens is 1. The molecule has 0 heterocycles. The van der Waals surface area contributed by atoms with Crippen LogP contribution < -0.4 is 10.2 Å². The Morgan fingerprint density at radius 2 is 1.02 bits per heavy atom. The second kappa shape index (κ2) is 42.5. The van der Waals surface area contributed by atoms with E-state index in [9.17, 15) is 19.4 Å². The first-order chi connectivity index (χ1) is 29.5. The Hall–Kier alpha value is -2.84. The molecule has 0 aliphatic carbocycles. The Labute approximate surface area is 374 Å². The summed E-state index contributed by atoms with van der Waals surface area (Å²) in [6.07, 6.45) is 61.4. The third-order valence-corrected chi connectivity index (χ3v) is 10.7. The second-order valence-electron chi connectivity index (χ2n) is 16.7. The zero-order valence-electron chi connectivity index (χ0n) is 39.3. The fourth-order valence-corrected chi connectivity index (χ4v) is 6.67. The van der Waals surface area contributed by atoms with Gasteiger partial charge in [-0.1, -0.05) is 168 Å². The Balaban J connectivity index is 4.44. The van der Waals surface area contributed by atoms with Gasteiger partial charge in [-0.15, -0.1) is 0 Å². The molecule has 348 valence electrons. The summed E-state index contributed by atoms with van der Waals surface area (Å²) in [4.78, 5) is 25.3. The molecule has 0 fully saturated rings. The predicted octanol–water partition coefficient (Wildman–Crippen LogP) is 13.1. The summed E-state index contributed by atoms with van der Waals surface area (Å²) in [6, 6.07) is -0.925. The van der Waals surface area contributed by atoms with Crippen molar-refractivity contribution in [2.45, 2.75) is 174 Å². The third-order valence-electron chi connectivity index (χ3n) is 9.69. The molecule has 3 atom stereocenters. The molecule has 0 aliphatic heterocycles. The smallest absolute Gasteiger partial charge is 0.268 e. The lowest BCUT2D eigenvalue weighted by molar-refractivity contribution is -0.870. The summed E-state index contributed by atoms with van der Waals surface area (Å²) in [5.74, 6) is -0.233. The number of phosphoric ester groups is 1. The number of unbranched alkanes of at least 4 members (excludes halogenated alkanes) is 12. The highest BCUT2D eigenvalue weighted by molar-refractivity contribution is 7.45. The number of likely N-dealkylation sites (N-methyl/N-ethyl adjacent to an activating group) is 1. The number of phosphoric acid groups is 1. The van der Waals surface area contributed by atoms with Gasteiger partial charge in [0.1, 0.15) is 13.2 Å². The molecule has 0 aliphatic rings. The molecule has 61 heavy (non-hydrogen) atoms. The first-order valence-corrected chi connectivity index (χ1v) is 25.2. The van der Waals surface area contributed by atoms with Gasteiger partial charge in [0.05, 0.1) is 39.9 Å². The van der Waals surface area contributed by atoms with E-state index >= 15 is 0 Å². The number of hydrogen-bond acceptors (Lipinski definition) is 6. The fourth-order valence-electron chi connectivity index (χ4n) is 5.95. The Morgan fingerprint density at radius 1 is 0.590 bits per heavy atom. The van der Waals surface area contributed by atoms with Crippen molar-refractivity contribution in [2.75, 3.05) is 40.9 Å². The normalized spacial score (nSPS) is 15.2. The van der Waals surface area contributed by atoms with Crippen LogP contribution in [0.15, 0.2) is 109 Å². The molecule has 0 saturated heterocycles. The lowest BCUT2D eigenvalue weighted by Gasteiger charge is -2.29. The van der Waals surface area contributed by atoms with Crippen LogP contribution in [-0.2, 0) is 18.4 Å². The molecule has 0 spiro atoms. The average molecular weight is 869 g/mol. The molecule has 9 heteroatoms. The molecule has 0 saturated carbocycles. The maximum Gasteiger partial charge on any atom is 0.268 e. The van der Waals surface area contributed by atoms with Gasteiger partial charge >= 0.3 is 0 Å². The van der Waals surface area contributed by atoms with Gasteiger partial charge in [0.25, 0.3) is 7.82 Å². The topological polar surface area (TPSA) is 108 Å². The molecule has 8 nitrogen and oxygen atoms in total. The van der Waals surface area contributed by atoms with E-state index in [1.54, 1.807) is 6.08 Å². The van der Waals surface area contributed by atoms with Crippen molar-refractivity contribution in [2.24, 2.45) is 0 Å². The van der Waals surface area contributed by atoms with E-state index in [1.165, 1.54) is 25.7 Å². The van der Waals surface area contributed by atoms with Crippen molar-refractivity contribution < 1.29 is 32.9 Å². The third kappa shape index (κ3) is 45.0. The van der Waals surface area contributed by atoms with Crippen molar-refractivity contribution in [1.82, 2.24) is 5.32 Å². The summed E-state index contributed by atoms with van der Waals surface area (Å²) in [5, 5.41) is 13.7. The van der Waals surface area contributed by atoms with Gasteiger partial charge in [-0.05, 0) is 96.3 Å². The van der Waals surface area contributed by atoms with E-state index in [2.05, 4.69) is 116 Å². The maximum atomic E-state index is 12.9. The highest BCUT2D eigenvalue weighted by atomic mass is 31.2. The molecule has 0 rings (SSSR count). The molecular formula is C52H89N2O6P. The Bertz CT molecular complexity index is 1350. The molecule has 0 radical (unpaired) electrons. The number of carbonyl (C=O) groups excluding carboxylic acids is 1. The van der Waals surface area contributed by atoms with Gasteiger partial charge in [-0.3, -0.25) is 9.36 Å². The lowest BCUT2D eigenvalue weighted by Crippen LogP contribution is -2.45. The Kier molecular flexibility index (Phi) is 40.5. The number of carbonyl (C=O) groups is 1. The van der Waals surface area contributed by atoms with Crippen LogP contribution in [0.3, 0.4) is 0 Å². The Morgan fingerprint density at radius 3 is 1.52 bits per heavy atom. The number of amides is 1. The van der Waals surface area contributed by atoms with Crippen LogP contribution in [-0.4, -0.2) is 68.5 Å². The summed E-state index contributed by atoms with van der Waals surface area (Å²) >= 11 is 0. The molecule has 0 bridgehead atoms. The second-order valence-corrected chi connectivity index (χ2v) is 18.1. The summed E-state index contributed by atoms with van der Waals surface area (Å²) in [5.41, 5.74) is 0. The number of nitrogens with zero attached hydrogens (tertiary/aromatic N) is 1. The van der Waals surface area contributed by atoms with Crippen molar-refractivity contribution in [3.05, 3.63) is 109 Å². The predicted molar refractivity (Wildman–Crippen MR) is 260 cm³/mol. The zero-order valence-corrected chi connectivity index (χ0v) is 40.2. The van der Waals surface area contributed by atoms with E-state index in [-0.39, 0.29) is 12.5 Å². The first kappa shape index (κ1) is 58.2. The van der Waals surface area contributed by atoms with Crippen molar-refractivity contribution in [3.63, 3.8) is 0 Å². The minimum Gasteiger partial charge on any atom is -0.756 e. The van der Waals surface area contributed by atoms with Gasteiger partial charge in [-0.25, -0.2) is 0 Å². The number of hydrogen-bond donors (Lipinski definition) is 2. The summed E-state index contributed by atoms with van der Waals surface area (Å²) < 4.78 is 23.2. The van der Waals surface area contributed by atoms with Crippen LogP contribution >= 0.6 is 7.82 Å². The molecule has 0 aromatic heterocycles. The summed E-state index contributed by atoms with van der Waals surface area (Å²) in [7, 11) is 1.20. The standard InChI is InChI=1S/C52H89N2O6P/c1-6-8-10-12-14-16-18-20-22-23-24-25-26-27-28-29-30-31-32-34-36-38-40-42-44-46-52(56)53-50(49-60-61(57,58)59-48-47-54(3,4)5)51(55)45-43-41-39-37-35-33-21-19-17-15-13-11-9-7-2/h8,10,14,16-17,19-20,22,24-25,27-28,30-31,35,37,43,45,50-51,55H,6-7,9,11-13,15,18,21,23,26,29,32-34,36,38-42,44,46-49H2,1-5H3,(H-,53,56,57,58)/b10-8-,16-14-,19-17+,22-20-,25-24-,28-27-,31-30-,37-35+,45-43+. The van der Waals surface area contributed by atoms with E-state index in [4.69, 9.17) is 9.05 Å². The minimum atomic E-state index is -4.61. The lowest BCUT2D eigenvalue weighted by atomic mass is 10.1. The van der Waals surface area contributed by atoms with Gasteiger partial charge in [-0.2, -0.15) is 0 Å². The van der Waals surface area contributed by atoms with Crippen LogP contribution in [0.25, 0.3) is 0 Å². The number of aliphatic hydroxyl groups is 1. The first-order valence-electron chi connectivity index (χ1n) is 23.7. The van der Waals surface area contributed by atoms with Gasteiger partial charge < -0.3 is 28.8 Å². The van der Waals surface area contributed by atoms with Crippen LogP contribution in [0.1, 0.15) is 162 Å². The molecule has 2 N–H and O–H groups in total. The molecule has 0 aromatic rings. The van der Waals surface area contributed by atoms with E-state index in [0.29, 0.717) is 17.4 Å². The maximum absolute atomic E-state index is 12.9. The van der Waals surface area contributed by atoms with Crippen LogP contribution in [0.5, 0.6) is 0 Å². The highest BCUT2D eigenvalue weighted by Gasteiger charge is 2.23. The average Bonchev–Trinajstić information content (AvgIpc) is 3.21. The fraction of sp³-hybridized carbons (Fsp3) is 0.635. The molecule has 3 unspecified atom stereocenters. The molecular weight excluding hydrogens is 780 g/mol. The van der Waals surface area contributed by atoms with E-state index in [1.807, 2.05) is 27.2 Å². The van der Waals surface area contributed by atoms with Gasteiger partial charge in [0, 0.05) is 6.42 Å². The summed E-state index contributed by atoms with van der Waals surface area (Å²) in [6.45, 7) is 4.44. The minimum absolute atomic E-state index is 0.0187. The quantitative estimate of drug-likeness (QED) is 0.0274. The van der Waals surface area contributed by atoms with E-state index in [0.717, 1.165) is 116 Å². The van der Waals surface area contributed by atoms with Gasteiger partial charge in [0.15, 0.2) is 0 Å². The number of aliphatic hydroxyl groups excluding tert-OH is 1.